The van der Waals surface area contributed by atoms with Crippen LogP contribution in [-0.4, -0.2) is 97.2 Å². The summed E-state index contributed by atoms with van der Waals surface area (Å²) in [5.74, 6) is 2.83. The van der Waals surface area contributed by atoms with Crippen LogP contribution in [0.5, 0.6) is 5.75 Å². The standard InChI is InChI=1S/C30H40N6O5/c1-19-27(26-20(2)34-41-21(26)3)32-28(22-8-6-9-24(12-22)40-14-23(37)13-31-4)33-29(19)35-11-7-10-30(16-35)17-36(18-30)25(38)15-39-5/h6,8-9,12,23,31,37H,7,10-11,13-18H2,1-5H3. The molecule has 1 aromatic carbocycles. The summed E-state index contributed by atoms with van der Waals surface area (Å²) >= 11 is 0. The number of aryl methyl sites for hydroxylation is 2. The maximum atomic E-state index is 12.4. The Bertz CT molecular complexity index is 1370. The quantitative estimate of drug-likeness (QED) is 0.380. The zero-order valence-corrected chi connectivity index (χ0v) is 24.6. The number of ether oxygens (including phenoxy) is 2. The number of hydrogen-bond donors (Lipinski definition) is 2. The number of rotatable bonds is 10. The van der Waals surface area contributed by atoms with Gasteiger partial charge in [0, 0.05) is 56.4 Å². The molecule has 2 N–H and O–H groups in total. The van der Waals surface area contributed by atoms with E-state index in [-0.39, 0.29) is 24.5 Å². The monoisotopic (exact) mass is 564 g/mol. The van der Waals surface area contributed by atoms with Crippen LogP contribution in [0.3, 0.4) is 0 Å². The van der Waals surface area contributed by atoms with Crippen molar-refractivity contribution in [3.05, 3.63) is 41.3 Å². The lowest BCUT2D eigenvalue weighted by molar-refractivity contribution is -0.148. The number of piperidine rings is 1. The Morgan fingerprint density at radius 3 is 2.73 bits per heavy atom. The van der Waals surface area contributed by atoms with E-state index >= 15 is 0 Å². The van der Waals surface area contributed by atoms with E-state index in [9.17, 15) is 9.90 Å². The summed E-state index contributed by atoms with van der Waals surface area (Å²) in [6, 6.07) is 7.64. The molecule has 2 aliphatic rings. The molecule has 2 fully saturated rings. The van der Waals surface area contributed by atoms with Gasteiger partial charge in [-0.1, -0.05) is 17.3 Å². The van der Waals surface area contributed by atoms with E-state index in [4.69, 9.17) is 24.0 Å². The number of carbonyl (C=O) groups is 1. The predicted molar refractivity (Wildman–Crippen MR) is 155 cm³/mol. The SMILES string of the molecule is CNCC(O)COc1cccc(-c2nc(-c3c(C)noc3C)c(C)c(N3CCCC4(CN(C(=O)COC)C4)C3)n2)c1. The van der Waals surface area contributed by atoms with Gasteiger partial charge in [0.2, 0.25) is 5.91 Å². The van der Waals surface area contributed by atoms with Gasteiger partial charge < -0.3 is 34.2 Å². The average Bonchev–Trinajstić information content (AvgIpc) is 3.28. The molecule has 41 heavy (non-hydrogen) atoms. The van der Waals surface area contributed by atoms with Crippen molar-refractivity contribution in [2.75, 3.05) is 65.0 Å². The molecule has 1 unspecified atom stereocenters. The van der Waals surface area contributed by atoms with Crippen LogP contribution in [0.15, 0.2) is 28.8 Å². The van der Waals surface area contributed by atoms with Crippen molar-refractivity contribution < 1.29 is 23.9 Å². The molecule has 5 rings (SSSR count). The van der Waals surface area contributed by atoms with Gasteiger partial charge in [-0.25, -0.2) is 9.97 Å². The second-order valence-corrected chi connectivity index (χ2v) is 11.3. The second kappa shape index (κ2) is 12.1. The Hall–Kier alpha value is -3.54. The molecule has 0 saturated carbocycles. The number of likely N-dealkylation sites (N-methyl/N-ethyl adjacent to an activating group) is 1. The van der Waals surface area contributed by atoms with E-state index < -0.39 is 6.10 Å². The smallest absolute Gasteiger partial charge is 0.248 e. The van der Waals surface area contributed by atoms with Crippen LogP contribution in [0.4, 0.5) is 5.82 Å². The van der Waals surface area contributed by atoms with Crippen molar-refractivity contribution in [3.8, 4) is 28.4 Å². The number of methoxy groups -OCH3 is 1. The molecule has 11 heteroatoms. The molecule has 1 spiro atoms. The minimum Gasteiger partial charge on any atom is -0.491 e. The van der Waals surface area contributed by atoms with Crippen molar-refractivity contribution in [2.24, 2.45) is 5.41 Å². The van der Waals surface area contributed by atoms with E-state index in [0.29, 0.717) is 23.9 Å². The minimum atomic E-state index is -0.615. The van der Waals surface area contributed by atoms with Crippen molar-refractivity contribution in [1.29, 1.82) is 0 Å². The fourth-order valence-electron chi connectivity index (χ4n) is 6.02. The molecule has 220 valence electrons. The number of anilines is 1. The topological polar surface area (TPSA) is 126 Å². The summed E-state index contributed by atoms with van der Waals surface area (Å²) < 4.78 is 16.4. The highest BCUT2D eigenvalue weighted by Crippen LogP contribution is 2.42. The van der Waals surface area contributed by atoms with Gasteiger partial charge in [0.1, 0.15) is 36.6 Å². The lowest BCUT2D eigenvalue weighted by atomic mass is 9.73. The molecule has 0 bridgehead atoms. The maximum Gasteiger partial charge on any atom is 0.248 e. The molecule has 2 saturated heterocycles. The third-order valence-electron chi connectivity index (χ3n) is 8.00. The lowest BCUT2D eigenvalue weighted by Gasteiger charge is -2.54. The van der Waals surface area contributed by atoms with E-state index in [1.54, 1.807) is 14.2 Å². The predicted octanol–water partition coefficient (Wildman–Crippen LogP) is 2.76. The van der Waals surface area contributed by atoms with Crippen LogP contribution in [-0.2, 0) is 9.53 Å². The molecule has 0 aliphatic carbocycles. The zero-order chi connectivity index (χ0) is 29.1. The van der Waals surface area contributed by atoms with Crippen molar-refractivity contribution >= 4 is 11.7 Å². The first-order valence-electron chi connectivity index (χ1n) is 14.1. The number of benzene rings is 1. The number of aromatic nitrogens is 3. The summed E-state index contributed by atoms with van der Waals surface area (Å²) in [5.41, 5.74) is 4.27. The summed E-state index contributed by atoms with van der Waals surface area (Å²) in [4.78, 5) is 26.8. The summed E-state index contributed by atoms with van der Waals surface area (Å²) in [5, 5.41) is 17.2. The Labute approximate surface area is 240 Å². The fraction of sp³-hybridized carbons (Fsp3) is 0.533. The Morgan fingerprint density at radius 2 is 2.02 bits per heavy atom. The molecule has 2 aromatic heterocycles. The van der Waals surface area contributed by atoms with Gasteiger partial charge in [0.05, 0.1) is 17.0 Å². The van der Waals surface area contributed by atoms with Crippen LogP contribution in [0.2, 0.25) is 0 Å². The van der Waals surface area contributed by atoms with Crippen LogP contribution < -0.4 is 15.0 Å². The first-order valence-corrected chi connectivity index (χ1v) is 14.1. The highest BCUT2D eigenvalue weighted by Gasteiger charge is 2.47. The highest BCUT2D eigenvalue weighted by atomic mass is 16.5. The molecule has 4 heterocycles. The van der Waals surface area contributed by atoms with Gasteiger partial charge in [-0.3, -0.25) is 4.79 Å². The summed E-state index contributed by atoms with van der Waals surface area (Å²) in [6.07, 6.45) is 1.48. The lowest BCUT2D eigenvalue weighted by Crippen LogP contribution is -2.65. The van der Waals surface area contributed by atoms with E-state index in [1.165, 1.54) is 0 Å². The third kappa shape index (κ3) is 6.07. The van der Waals surface area contributed by atoms with E-state index in [1.807, 2.05) is 43.0 Å². The maximum absolute atomic E-state index is 12.4. The van der Waals surface area contributed by atoms with E-state index in [0.717, 1.165) is 72.9 Å². The average molecular weight is 565 g/mol. The molecule has 11 nitrogen and oxygen atoms in total. The number of likely N-dealkylation sites (tertiary alicyclic amines) is 1. The van der Waals surface area contributed by atoms with Gasteiger partial charge in [-0.2, -0.15) is 0 Å². The third-order valence-corrected chi connectivity index (χ3v) is 8.00. The number of aliphatic hydroxyl groups is 1. The Kier molecular flexibility index (Phi) is 8.58. The van der Waals surface area contributed by atoms with Crippen molar-refractivity contribution in [3.63, 3.8) is 0 Å². The molecule has 0 radical (unpaired) electrons. The first kappa shape index (κ1) is 29.0. The number of amides is 1. The van der Waals surface area contributed by atoms with Gasteiger partial charge in [0.25, 0.3) is 0 Å². The second-order valence-electron chi connectivity index (χ2n) is 11.3. The number of nitrogens with zero attached hydrogens (tertiary/aromatic N) is 5. The minimum absolute atomic E-state index is 0.0389. The van der Waals surface area contributed by atoms with Gasteiger partial charge in [0.15, 0.2) is 5.82 Å². The number of aliphatic hydroxyl groups excluding tert-OH is 1. The molecular weight excluding hydrogens is 524 g/mol. The molecule has 1 atom stereocenters. The number of nitrogens with one attached hydrogen (secondary N) is 1. The van der Waals surface area contributed by atoms with Crippen molar-refractivity contribution in [1.82, 2.24) is 25.3 Å². The first-order chi connectivity index (χ1) is 19.7. The van der Waals surface area contributed by atoms with E-state index in [2.05, 4.69) is 22.3 Å². The van der Waals surface area contributed by atoms with Gasteiger partial charge in [-0.15, -0.1) is 0 Å². The molecule has 3 aromatic rings. The Morgan fingerprint density at radius 1 is 1.22 bits per heavy atom. The van der Waals surface area contributed by atoms with Crippen LogP contribution in [0, 0.1) is 26.2 Å². The highest BCUT2D eigenvalue weighted by molar-refractivity contribution is 5.79. The summed E-state index contributed by atoms with van der Waals surface area (Å²) in [7, 11) is 3.34. The van der Waals surface area contributed by atoms with Crippen molar-refractivity contribution in [2.45, 2.75) is 39.7 Å². The number of carbonyl (C=O) groups excluding carboxylic acids is 1. The molecule has 2 aliphatic heterocycles. The van der Waals surface area contributed by atoms with Gasteiger partial charge >= 0.3 is 0 Å². The zero-order valence-electron chi connectivity index (χ0n) is 24.6. The van der Waals surface area contributed by atoms with Crippen LogP contribution >= 0.6 is 0 Å². The molecular formula is C30H40N6O5. The Balaban J connectivity index is 1.49. The fourth-order valence-corrected chi connectivity index (χ4v) is 6.02. The van der Waals surface area contributed by atoms with Crippen LogP contribution in [0.1, 0.15) is 29.9 Å². The summed E-state index contributed by atoms with van der Waals surface area (Å²) in [6.45, 7) is 9.77. The largest absolute Gasteiger partial charge is 0.491 e. The number of hydrogen-bond acceptors (Lipinski definition) is 10. The normalized spacial score (nSPS) is 17.0. The van der Waals surface area contributed by atoms with Crippen LogP contribution in [0.25, 0.3) is 22.6 Å². The van der Waals surface area contributed by atoms with Gasteiger partial charge in [-0.05, 0) is 52.8 Å². The molecule has 1 amide bonds.